The van der Waals surface area contributed by atoms with Gasteiger partial charge in [0.05, 0.1) is 18.3 Å². The molecule has 3 aliphatic heterocycles. The number of rotatable bonds is 6. The third-order valence-electron chi connectivity index (χ3n) is 8.24. The molecule has 0 aromatic carbocycles. The maximum Gasteiger partial charge on any atom is 0.470 e. The van der Waals surface area contributed by atoms with Gasteiger partial charge in [0.15, 0.2) is 0 Å². The summed E-state index contributed by atoms with van der Waals surface area (Å²) < 4.78 is 37.8. The van der Waals surface area contributed by atoms with Crippen LogP contribution in [-0.2, 0) is 23.9 Å². The van der Waals surface area contributed by atoms with Crippen LogP contribution in [0.15, 0.2) is 0 Å². The summed E-state index contributed by atoms with van der Waals surface area (Å²) >= 11 is 0. The summed E-state index contributed by atoms with van der Waals surface area (Å²) in [5.74, 6) is -0.172. The van der Waals surface area contributed by atoms with Crippen LogP contribution in [0.3, 0.4) is 0 Å². The lowest BCUT2D eigenvalue weighted by Gasteiger charge is -2.23. The fourth-order valence-corrected chi connectivity index (χ4v) is 5.91. The molecule has 4 amide bonds. The summed E-state index contributed by atoms with van der Waals surface area (Å²) in [5, 5.41) is 14.0. The van der Waals surface area contributed by atoms with Crippen LogP contribution in [0.2, 0.25) is 0 Å². The molecule has 4 aliphatic rings. The van der Waals surface area contributed by atoms with Crippen molar-refractivity contribution in [3.8, 4) is 6.07 Å². The van der Waals surface area contributed by atoms with E-state index in [9.17, 15) is 27.6 Å². The fourth-order valence-electron chi connectivity index (χ4n) is 5.91. The number of nitriles is 1. The van der Waals surface area contributed by atoms with Gasteiger partial charge >= 0.3 is 12.1 Å². The number of amides is 4. The number of hydrogen-bond acceptors (Lipinski definition) is 6. The molecule has 40 heavy (non-hydrogen) atoms. The Bertz CT molecular complexity index is 993. The Morgan fingerprint density at radius 3 is 2.12 bits per heavy atom. The molecule has 10 nitrogen and oxygen atoms in total. The molecule has 1 aliphatic carbocycles. The second-order valence-corrected chi connectivity index (χ2v) is 13.0. The number of primary amides is 1. The minimum absolute atomic E-state index is 0.0277. The number of carbonyl (C=O) groups is 4. The maximum atomic E-state index is 12.3. The van der Waals surface area contributed by atoms with E-state index < -0.39 is 18.1 Å². The predicted octanol–water partition coefficient (Wildman–Crippen LogP) is 2.27. The number of halogens is 3. The lowest BCUT2D eigenvalue weighted by Crippen LogP contribution is -2.35. The van der Waals surface area contributed by atoms with Gasteiger partial charge < -0.3 is 26.0 Å². The number of nitrogens with two attached hydrogens (primary N) is 1. The smallest absolute Gasteiger partial charge is 0.375 e. The molecule has 226 valence electrons. The van der Waals surface area contributed by atoms with Gasteiger partial charge in [-0.15, -0.1) is 0 Å². The molecule has 1 saturated carbocycles. The van der Waals surface area contributed by atoms with Gasteiger partial charge in [0.2, 0.25) is 18.2 Å². The van der Waals surface area contributed by atoms with Crippen molar-refractivity contribution in [1.82, 2.24) is 15.5 Å². The molecular weight excluding hydrogens is 531 g/mol. The Morgan fingerprint density at radius 1 is 1.20 bits per heavy atom. The monoisotopic (exact) mass is 573 g/mol. The molecule has 0 spiro atoms. The second-order valence-electron chi connectivity index (χ2n) is 13.0. The molecule has 5 atom stereocenters. The van der Waals surface area contributed by atoms with Crippen LogP contribution < -0.4 is 16.4 Å². The van der Waals surface area contributed by atoms with Crippen molar-refractivity contribution in [2.24, 2.45) is 34.8 Å². The number of nitrogens with one attached hydrogen (secondary N) is 2. The van der Waals surface area contributed by atoms with Gasteiger partial charge in [-0.2, -0.15) is 18.4 Å². The highest BCUT2D eigenvalue weighted by Gasteiger charge is 2.62. The van der Waals surface area contributed by atoms with Gasteiger partial charge in [0.1, 0.15) is 6.04 Å². The maximum absolute atomic E-state index is 12.3. The zero-order chi connectivity index (χ0) is 30.7. The van der Waals surface area contributed by atoms with Crippen molar-refractivity contribution < 1.29 is 37.1 Å². The highest BCUT2D eigenvalue weighted by Crippen LogP contribution is 2.62. The first-order chi connectivity index (χ1) is 18.2. The molecule has 3 heterocycles. The Morgan fingerprint density at radius 2 is 1.75 bits per heavy atom. The van der Waals surface area contributed by atoms with Crippen molar-refractivity contribution in [2.75, 3.05) is 19.7 Å². The summed E-state index contributed by atoms with van der Waals surface area (Å²) in [6, 6.07) is 1.38. The van der Waals surface area contributed by atoms with Crippen LogP contribution in [0, 0.1) is 40.4 Å². The molecule has 13 heteroatoms. The standard InChI is InChI=1S/C15H25NO2.C10H15N3O2.C2H2F3NO/c1-14(2)6-10(9-18-14)5-13(17)16-7-11-12(8-16)15(11,3)4;1-10(2)4-7(9(15)13-10)3-8(5-11)12-6-14;3-2(4,5)1(6)7/h10-12H,5-9H2,1-4H3;6-8H,3-4H2,1-2H3,(H,12,14)(H,13,15);(H2,6,7). The normalized spacial score (nSPS) is 29.3. The average Bonchev–Trinajstić information content (AvgIpc) is 3.25. The highest BCUT2D eigenvalue weighted by molar-refractivity contribution is 5.82. The van der Waals surface area contributed by atoms with Gasteiger partial charge in [0.25, 0.3) is 0 Å². The van der Waals surface area contributed by atoms with E-state index >= 15 is 0 Å². The number of fused-ring (bicyclic) bond motifs is 1. The zero-order valence-corrected chi connectivity index (χ0v) is 24.1. The first-order valence-electron chi connectivity index (χ1n) is 13.4. The van der Waals surface area contributed by atoms with Crippen molar-refractivity contribution in [3.05, 3.63) is 0 Å². The van der Waals surface area contributed by atoms with Gasteiger partial charge in [-0.05, 0) is 70.1 Å². The number of piperidine rings is 1. The lowest BCUT2D eigenvalue weighted by molar-refractivity contribution is -0.169. The first kappa shape index (κ1) is 33.3. The molecular formula is C27H42F3N5O5. The van der Waals surface area contributed by atoms with Crippen LogP contribution in [0.1, 0.15) is 67.2 Å². The number of hydrogen-bond donors (Lipinski definition) is 3. The molecule has 3 saturated heterocycles. The quantitative estimate of drug-likeness (QED) is 0.414. The molecule has 4 fully saturated rings. The van der Waals surface area contributed by atoms with E-state index in [1.807, 2.05) is 19.9 Å². The Labute approximate surface area is 233 Å². The number of carbonyl (C=O) groups excluding carboxylic acids is 4. The van der Waals surface area contributed by atoms with Gasteiger partial charge in [-0.3, -0.25) is 19.2 Å². The third kappa shape index (κ3) is 9.08. The van der Waals surface area contributed by atoms with Gasteiger partial charge in [-0.25, -0.2) is 0 Å². The van der Waals surface area contributed by atoms with Crippen LogP contribution in [-0.4, -0.2) is 72.1 Å². The van der Waals surface area contributed by atoms with Crippen LogP contribution in [0.5, 0.6) is 0 Å². The molecule has 4 rings (SSSR count). The SMILES string of the molecule is CC1(C)CC(CC(=O)N2CC3C(C2)C3(C)C)CO1.CC1(C)CC(CC(C#N)NC=O)C(=O)N1.NC(=O)C(F)(F)F. The summed E-state index contributed by atoms with van der Waals surface area (Å²) in [6.07, 6.45) is -1.59. The summed E-state index contributed by atoms with van der Waals surface area (Å²) in [5.41, 5.74) is 4.07. The van der Waals surface area contributed by atoms with E-state index in [0.717, 1.165) is 38.0 Å². The summed E-state index contributed by atoms with van der Waals surface area (Å²) in [4.78, 5) is 45.2. The first-order valence-corrected chi connectivity index (χ1v) is 13.4. The fraction of sp³-hybridized carbons (Fsp3) is 0.815. The Kier molecular flexibility index (Phi) is 10.3. The minimum atomic E-state index is -4.86. The largest absolute Gasteiger partial charge is 0.470 e. The third-order valence-corrected chi connectivity index (χ3v) is 8.24. The molecule has 0 radical (unpaired) electrons. The number of alkyl halides is 3. The predicted molar refractivity (Wildman–Crippen MR) is 139 cm³/mol. The van der Waals surface area contributed by atoms with Crippen molar-refractivity contribution in [2.45, 2.75) is 90.6 Å². The van der Waals surface area contributed by atoms with Crippen LogP contribution in [0.4, 0.5) is 13.2 Å². The van der Waals surface area contributed by atoms with E-state index in [1.165, 1.54) is 0 Å². The van der Waals surface area contributed by atoms with Gasteiger partial charge in [0, 0.05) is 31.0 Å². The number of nitrogens with zero attached hydrogens (tertiary/aromatic N) is 2. The van der Waals surface area contributed by atoms with E-state index in [1.54, 1.807) is 0 Å². The van der Waals surface area contributed by atoms with Crippen LogP contribution >= 0.6 is 0 Å². The van der Waals surface area contributed by atoms with Crippen molar-refractivity contribution in [1.29, 1.82) is 5.26 Å². The zero-order valence-electron chi connectivity index (χ0n) is 24.1. The minimum Gasteiger partial charge on any atom is -0.375 e. The topological polar surface area (TPSA) is 155 Å². The van der Waals surface area contributed by atoms with Gasteiger partial charge in [-0.1, -0.05) is 13.8 Å². The van der Waals surface area contributed by atoms with E-state index in [-0.39, 0.29) is 23.0 Å². The molecule has 0 aromatic heterocycles. The molecule has 5 unspecified atom stereocenters. The number of likely N-dealkylation sites (tertiary alicyclic amines) is 1. The van der Waals surface area contributed by atoms with Crippen molar-refractivity contribution in [3.63, 3.8) is 0 Å². The lowest BCUT2D eigenvalue weighted by atomic mass is 9.92. The van der Waals surface area contributed by atoms with Crippen LogP contribution in [0.25, 0.3) is 0 Å². The molecule has 0 bridgehead atoms. The summed E-state index contributed by atoms with van der Waals surface area (Å²) in [7, 11) is 0. The highest BCUT2D eigenvalue weighted by atomic mass is 19.4. The van der Waals surface area contributed by atoms with E-state index in [0.29, 0.717) is 42.9 Å². The summed E-state index contributed by atoms with van der Waals surface area (Å²) in [6.45, 7) is 15.5. The number of ether oxygens (including phenoxy) is 1. The van der Waals surface area contributed by atoms with E-state index in [4.69, 9.17) is 14.8 Å². The second kappa shape index (κ2) is 12.3. The average molecular weight is 574 g/mol. The van der Waals surface area contributed by atoms with Crippen molar-refractivity contribution >= 4 is 24.1 Å². The Balaban J connectivity index is 0.000000231. The molecule has 0 aromatic rings. The Hall–Kier alpha value is -2.88. The van der Waals surface area contributed by atoms with E-state index in [2.05, 4.69) is 49.0 Å². The molecule has 4 N–H and O–H groups in total.